The van der Waals surface area contributed by atoms with Crippen molar-refractivity contribution in [2.45, 2.75) is 32.8 Å². The number of hydrogen-bond acceptors (Lipinski definition) is 7. The second-order valence-electron chi connectivity index (χ2n) is 6.69. The lowest BCUT2D eigenvalue weighted by molar-refractivity contribution is -0.143. The van der Waals surface area contributed by atoms with Crippen molar-refractivity contribution < 1.29 is 28.6 Å². The van der Waals surface area contributed by atoms with Gasteiger partial charge in [0.25, 0.3) is 0 Å². The first-order valence-corrected chi connectivity index (χ1v) is 9.70. The molecule has 0 aliphatic carbocycles. The third-order valence-electron chi connectivity index (χ3n) is 4.26. The number of carbonyl (C=O) groups excluding carboxylic acids is 3. The Bertz CT molecular complexity index is 939. The van der Waals surface area contributed by atoms with Crippen LogP contribution in [0.4, 0.5) is 4.79 Å². The highest BCUT2D eigenvalue weighted by molar-refractivity contribution is 6.42. The van der Waals surface area contributed by atoms with Gasteiger partial charge in [-0.3, -0.25) is 0 Å². The van der Waals surface area contributed by atoms with Crippen molar-refractivity contribution in [2.24, 2.45) is 5.73 Å². The molecule has 3 N–H and O–H groups in total. The van der Waals surface area contributed by atoms with Crippen molar-refractivity contribution in [1.82, 2.24) is 5.32 Å². The van der Waals surface area contributed by atoms with Crippen LogP contribution in [0, 0.1) is 0 Å². The number of nitrogens with one attached hydrogen (secondary N) is 1. The number of halogens is 2. The summed E-state index contributed by atoms with van der Waals surface area (Å²) < 4.78 is 15.2. The topological polar surface area (TPSA) is 117 Å². The van der Waals surface area contributed by atoms with Crippen LogP contribution >= 0.6 is 23.2 Å². The minimum absolute atomic E-state index is 0.0279. The van der Waals surface area contributed by atoms with Crippen LogP contribution in [0.3, 0.4) is 0 Å². The molecule has 2 rings (SSSR count). The van der Waals surface area contributed by atoms with Crippen LogP contribution < -0.4 is 11.1 Å². The maximum absolute atomic E-state index is 13.1. The number of methoxy groups -OCH3 is 1. The van der Waals surface area contributed by atoms with E-state index in [-0.39, 0.29) is 33.5 Å². The van der Waals surface area contributed by atoms with Crippen molar-refractivity contribution in [1.29, 1.82) is 0 Å². The Kier molecular flexibility index (Phi) is 7.75. The molecule has 0 saturated heterocycles. The van der Waals surface area contributed by atoms with Gasteiger partial charge in [-0.05, 0) is 32.4 Å². The number of nitrogens with two attached hydrogens (primary N) is 1. The second kappa shape index (κ2) is 9.86. The zero-order valence-corrected chi connectivity index (χ0v) is 18.4. The summed E-state index contributed by atoms with van der Waals surface area (Å²) in [5.74, 6) is -2.39. The van der Waals surface area contributed by atoms with Gasteiger partial charge < -0.3 is 25.3 Å². The number of hydrogen-bond donors (Lipinski definition) is 2. The smallest absolute Gasteiger partial charge is 0.404 e. The molecular weight excluding hydrogens is 435 g/mol. The largest absolute Gasteiger partial charge is 0.466 e. The SMILES string of the molecule is COC(=O)C1=C(C)NC(COC(N)=O)=C(C(=O)OC(C)C)[C@@H]1c1cccc(Cl)c1Cl. The van der Waals surface area contributed by atoms with E-state index in [1.807, 2.05) is 0 Å². The van der Waals surface area contributed by atoms with Gasteiger partial charge in [0, 0.05) is 5.70 Å². The zero-order chi connectivity index (χ0) is 22.6. The summed E-state index contributed by atoms with van der Waals surface area (Å²) in [6.45, 7) is 4.63. The lowest BCUT2D eigenvalue weighted by atomic mass is 9.80. The Morgan fingerprint density at radius 1 is 1.17 bits per heavy atom. The molecule has 162 valence electrons. The number of ether oxygens (including phenoxy) is 3. The molecule has 0 radical (unpaired) electrons. The number of primary amides is 1. The molecule has 0 fully saturated rings. The van der Waals surface area contributed by atoms with E-state index in [1.54, 1.807) is 39.0 Å². The number of benzene rings is 1. The van der Waals surface area contributed by atoms with Crippen LogP contribution in [0.15, 0.2) is 40.7 Å². The number of carbonyl (C=O) groups is 3. The van der Waals surface area contributed by atoms with Crippen molar-refractivity contribution >= 4 is 41.2 Å². The molecule has 0 unspecified atom stereocenters. The highest BCUT2D eigenvalue weighted by atomic mass is 35.5. The molecule has 0 bridgehead atoms. The molecule has 1 amide bonds. The van der Waals surface area contributed by atoms with E-state index in [9.17, 15) is 14.4 Å². The molecule has 1 aromatic carbocycles. The molecule has 1 atom stereocenters. The summed E-state index contributed by atoms with van der Waals surface area (Å²) in [5.41, 5.74) is 6.22. The predicted molar refractivity (Wildman–Crippen MR) is 111 cm³/mol. The molecule has 1 aliphatic heterocycles. The Labute approximate surface area is 183 Å². The number of esters is 2. The summed E-state index contributed by atoms with van der Waals surface area (Å²) in [6.07, 6.45) is -1.48. The third kappa shape index (κ3) is 5.06. The van der Waals surface area contributed by atoms with Gasteiger partial charge in [0.1, 0.15) is 6.61 Å². The Morgan fingerprint density at radius 2 is 1.83 bits per heavy atom. The van der Waals surface area contributed by atoms with Crippen molar-refractivity contribution in [2.75, 3.05) is 13.7 Å². The van der Waals surface area contributed by atoms with Crippen LogP contribution in [-0.4, -0.2) is 37.9 Å². The molecule has 0 saturated carbocycles. The zero-order valence-electron chi connectivity index (χ0n) is 16.9. The maximum Gasteiger partial charge on any atom is 0.404 e. The number of amides is 1. The van der Waals surface area contributed by atoms with Gasteiger partial charge in [0.15, 0.2) is 0 Å². The van der Waals surface area contributed by atoms with E-state index >= 15 is 0 Å². The lowest BCUT2D eigenvalue weighted by Gasteiger charge is -2.32. The van der Waals surface area contributed by atoms with Crippen LogP contribution in [0.2, 0.25) is 10.0 Å². The molecule has 30 heavy (non-hydrogen) atoms. The van der Waals surface area contributed by atoms with Gasteiger partial charge in [-0.1, -0.05) is 35.3 Å². The fraction of sp³-hybridized carbons (Fsp3) is 0.350. The minimum atomic E-state index is -1.03. The molecule has 8 nitrogen and oxygen atoms in total. The standard InChI is InChI=1S/C20H22Cl2N2O6/c1-9(2)30-19(26)16-13(8-29-20(23)27)24-10(3)14(18(25)28-4)15(16)11-6-5-7-12(21)17(11)22/h5-7,9,15,24H,8H2,1-4H3,(H2,23,27)/t15-/m1/s1. The van der Waals surface area contributed by atoms with E-state index in [0.29, 0.717) is 11.3 Å². The highest BCUT2D eigenvalue weighted by Gasteiger charge is 2.40. The first-order chi connectivity index (χ1) is 14.1. The fourth-order valence-corrected chi connectivity index (χ4v) is 3.52. The van der Waals surface area contributed by atoms with E-state index in [4.69, 9.17) is 43.1 Å². The molecule has 0 spiro atoms. The van der Waals surface area contributed by atoms with Crippen molar-refractivity contribution in [3.8, 4) is 0 Å². The van der Waals surface area contributed by atoms with Gasteiger partial charge in [-0.25, -0.2) is 14.4 Å². The molecular formula is C20H22Cl2N2O6. The Hall–Kier alpha value is -2.71. The average Bonchev–Trinajstić information content (AvgIpc) is 2.66. The molecule has 0 aromatic heterocycles. The summed E-state index contributed by atoms with van der Waals surface area (Å²) in [6, 6.07) is 4.85. The first-order valence-electron chi connectivity index (χ1n) is 8.94. The summed E-state index contributed by atoms with van der Waals surface area (Å²) in [5, 5.41) is 3.32. The van der Waals surface area contributed by atoms with E-state index in [1.165, 1.54) is 7.11 Å². The van der Waals surface area contributed by atoms with Gasteiger partial charge in [-0.2, -0.15) is 0 Å². The highest BCUT2D eigenvalue weighted by Crippen LogP contribution is 2.43. The van der Waals surface area contributed by atoms with Crippen LogP contribution in [0.1, 0.15) is 32.3 Å². The quantitative estimate of drug-likeness (QED) is 0.497. The predicted octanol–water partition coefficient (Wildman–Crippen LogP) is 3.43. The molecule has 1 aromatic rings. The fourth-order valence-electron chi connectivity index (χ4n) is 3.11. The Morgan fingerprint density at radius 3 is 2.40 bits per heavy atom. The van der Waals surface area contributed by atoms with Gasteiger partial charge in [0.05, 0.1) is 46.0 Å². The summed E-state index contributed by atoms with van der Waals surface area (Å²) in [7, 11) is 1.22. The van der Waals surface area contributed by atoms with Crippen LogP contribution in [-0.2, 0) is 23.8 Å². The average molecular weight is 457 g/mol. The second-order valence-corrected chi connectivity index (χ2v) is 7.47. The van der Waals surface area contributed by atoms with E-state index in [2.05, 4.69) is 5.32 Å². The summed E-state index contributed by atoms with van der Waals surface area (Å²) in [4.78, 5) is 36.9. The molecule has 10 heteroatoms. The molecule has 1 aliphatic rings. The van der Waals surface area contributed by atoms with Crippen molar-refractivity contribution in [3.05, 3.63) is 56.3 Å². The lowest BCUT2D eigenvalue weighted by Crippen LogP contribution is -2.36. The van der Waals surface area contributed by atoms with Gasteiger partial charge in [0.2, 0.25) is 0 Å². The number of dihydropyridines is 1. The third-order valence-corrected chi connectivity index (χ3v) is 5.10. The van der Waals surface area contributed by atoms with Crippen LogP contribution in [0.25, 0.3) is 0 Å². The van der Waals surface area contributed by atoms with E-state index < -0.39 is 30.1 Å². The van der Waals surface area contributed by atoms with Crippen LogP contribution in [0.5, 0.6) is 0 Å². The Balaban J connectivity index is 2.78. The van der Waals surface area contributed by atoms with Crippen molar-refractivity contribution in [3.63, 3.8) is 0 Å². The number of rotatable bonds is 6. The maximum atomic E-state index is 13.1. The first kappa shape index (κ1) is 23.6. The minimum Gasteiger partial charge on any atom is -0.466 e. The monoisotopic (exact) mass is 456 g/mol. The summed E-state index contributed by atoms with van der Waals surface area (Å²) >= 11 is 12.6. The van der Waals surface area contributed by atoms with E-state index in [0.717, 1.165) is 0 Å². The molecule has 1 heterocycles. The van der Waals surface area contributed by atoms with Gasteiger partial charge in [-0.15, -0.1) is 0 Å². The number of allylic oxidation sites excluding steroid dienone is 1. The van der Waals surface area contributed by atoms with Gasteiger partial charge >= 0.3 is 18.0 Å². The normalized spacial score (nSPS) is 16.3.